The van der Waals surface area contributed by atoms with Crippen molar-refractivity contribution in [2.75, 3.05) is 13.2 Å². The second kappa shape index (κ2) is 7.58. The summed E-state index contributed by atoms with van der Waals surface area (Å²) >= 11 is 0. The molecule has 1 aromatic carbocycles. The molecular weight excluding hydrogens is 333 g/mol. The number of amides is 1. The van der Waals surface area contributed by atoms with Gasteiger partial charge in [0.25, 0.3) is 5.91 Å². The van der Waals surface area contributed by atoms with E-state index < -0.39 is 0 Å². The van der Waals surface area contributed by atoms with Gasteiger partial charge in [0.15, 0.2) is 0 Å². The predicted octanol–water partition coefficient (Wildman–Crippen LogP) is 3.58. The number of carbonyl (C=O) groups excluding carboxylic acids is 1. The lowest BCUT2D eigenvalue weighted by Gasteiger charge is -2.40. The Morgan fingerprint density at radius 3 is 2.88 bits per heavy atom. The Bertz CT molecular complexity index is 766. The highest BCUT2D eigenvalue weighted by atomic mass is 19.1. The largest absolute Gasteiger partial charge is 0.377 e. The number of carbonyl (C=O) groups is 1. The van der Waals surface area contributed by atoms with Crippen LogP contribution in [0, 0.1) is 17.2 Å². The average Bonchev–Trinajstić information content (AvgIpc) is 3.09. The number of hydrogen-bond acceptors (Lipinski definition) is 3. The van der Waals surface area contributed by atoms with Crippen molar-refractivity contribution in [2.24, 2.45) is 11.3 Å². The van der Waals surface area contributed by atoms with Crippen molar-refractivity contribution < 1.29 is 13.9 Å². The maximum Gasteiger partial charge on any atom is 0.254 e. The highest BCUT2D eigenvalue weighted by Crippen LogP contribution is 2.33. The smallest absolute Gasteiger partial charge is 0.254 e. The maximum absolute atomic E-state index is 13.9. The molecule has 1 saturated heterocycles. The number of halogens is 1. The maximum atomic E-state index is 13.9. The van der Waals surface area contributed by atoms with Crippen LogP contribution in [0.25, 0.3) is 5.69 Å². The van der Waals surface area contributed by atoms with E-state index in [1.54, 1.807) is 24.4 Å². The molecule has 140 valence electrons. The van der Waals surface area contributed by atoms with Gasteiger partial charge in [-0.25, -0.2) is 9.07 Å². The SMILES string of the molecule is CC(C)(C)C1OCCCC1CNC(=O)c1cnn(-c2ccccc2F)c1. The van der Waals surface area contributed by atoms with E-state index in [9.17, 15) is 9.18 Å². The Morgan fingerprint density at radius 2 is 2.15 bits per heavy atom. The summed E-state index contributed by atoms with van der Waals surface area (Å²) in [6, 6.07) is 6.34. The molecule has 0 radical (unpaired) electrons. The van der Waals surface area contributed by atoms with Crippen LogP contribution < -0.4 is 5.32 Å². The topological polar surface area (TPSA) is 56.1 Å². The average molecular weight is 359 g/mol. The van der Waals surface area contributed by atoms with Crippen molar-refractivity contribution in [1.29, 1.82) is 0 Å². The summed E-state index contributed by atoms with van der Waals surface area (Å²) < 4.78 is 21.2. The van der Waals surface area contributed by atoms with Gasteiger partial charge in [0.2, 0.25) is 0 Å². The number of rotatable bonds is 4. The van der Waals surface area contributed by atoms with Gasteiger partial charge in [-0.3, -0.25) is 4.79 Å². The summed E-state index contributed by atoms with van der Waals surface area (Å²) in [4.78, 5) is 12.5. The molecule has 1 N–H and O–H groups in total. The van der Waals surface area contributed by atoms with E-state index in [1.807, 2.05) is 0 Å². The molecule has 3 rings (SSSR count). The Labute approximate surface area is 153 Å². The van der Waals surface area contributed by atoms with Crippen molar-refractivity contribution in [3.63, 3.8) is 0 Å². The first-order valence-electron chi connectivity index (χ1n) is 9.05. The monoisotopic (exact) mass is 359 g/mol. The van der Waals surface area contributed by atoms with E-state index >= 15 is 0 Å². The van der Waals surface area contributed by atoms with Crippen LogP contribution in [0.1, 0.15) is 44.0 Å². The molecule has 0 aliphatic carbocycles. The zero-order valence-electron chi connectivity index (χ0n) is 15.5. The van der Waals surface area contributed by atoms with Crippen molar-refractivity contribution in [2.45, 2.75) is 39.7 Å². The molecular formula is C20H26FN3O2. The van der Waals surface area contributed by atoms with E-state index in [1.165, 1.54) is 16.9 Å². The molecule has 6 heteroatoms. The number of hydrogen-bond donors (Lipinski definition) is 1. The van der Waals surface area contributed by atoms with Gasteiger partial charge in [-0.2, -0.15) is 5.10 Å². The lowest BCUT2D eigenvalue weighted by Crippen LogP contribution is -2.45. The molecule has 26 heavy (non-hydrogen) atoms. The summed E-state index contributed by atoms with van der Waals surface area (Å²) in [6.45, 7) is 7.83. The van der Waals surface area contributed by atoms with Crippen molar-refractivity contribution in [1.82, 2.24) is 15.1 Å². The highest BCUT2D eigenvalue weighted by molar-refractivity contribution is 5.93. The van der Waals surface area contributed by atoms with Gasteiger partial charge in [0.05, 0.1) is 17.9 Å². The molecule has 1 aromatic heterocycles. The number of aromatic nitrogens is 2. The van der Waals surface area contributed by atoms with Crippen LogP contribution in [0.5, 0.6) is 0 Å². The van der Waals surface area contributed by atoms with Crippen LogP contribution >= 0.6 is 0 Å². The molecule has 5 nitrogen and oxygen atoms in total. The second-order valence-electron chi connectivity index (χ2n) is 7.89. The lowest BCUT2D eigenvalue weighted by molar-refractivity contribution is -0.0839. The van der Waals surface area contributed by atoms with Crippen LogP contribution in [0.15, 0.2) is 36.7 Å². The summed E-state index contributed by atoms with van der Waals surface area (Å²) in [6.07, 6.45) is 5.18. The molecule has 1 fully saturated rings. The van der Waals surface area contributed by atoms with E-state index in [-0.39, 0.29) is 29.2 Å². The Kier molecular flexibility index (Phi) is 5.41. The van der Waals surface area contributed by atoms with E-state index in [4.69, 9.17) is 4.74 Å². The van der Waals surface area contributed by atoms with Crippen molar-refractivity contribution in [3.05, 3.63) is 48.0 Å². The van der Waals surface area contributed by atoms with Gasteiger partial charge >= 0.3 is 0 Å². The van der Waals surface area contributed by atoms with E-state index in [0.717, 1.165) is 19.4 Å². The third kappa shape index (κ3) is 4.12. The Morgan fingerprint density at radius 1 is 1.38 bits per heavy atom. The molecule has 2 atom stereocenters. The fourth-order valence-corrected chi connectivity index (χ4v) is 3.54. The number of ether oxygens (including phenoxy) is 1. The third-order valence-corrected chi connectivity index (χ3v) is 4.77. The molecule has 1 aliphatic heterocycles. The second-order valence-corrected chi connectivity index (χ2v) is 7.89. The van der Waals surface area contributed by atoms with Gasteiger partial charge in [0, 0.05) is 25.3 Å². The van der Waals surface area contributed by atoms with Crippen molar-refractivity contribution in [3.8, 4) is 5.69 Å². The molecule has 2 aromatic rings. The van der Waals surface area contributed by atoms with Crippen LogP contribution in [-0.2, 0) is 4.74 Å². The third-order valence-electron chi connectivity index (χ3n) is 4.77. The minimum absolute atomic E-state index is 0.0333. The van der Waals surface area contributed by atoms with Gasteiger partial charge in [-0.15, -0.1) is 0 Å². The molecule has 0 spiro atoms. The minimum atomic E-state index is -0.380. The normalized spacial score (nSPS) is 20.8. The van der Waals surface area contributed by atoms with Gasteiger partial charge in [0.1, 0.15) is 11.5 Å². The molecule has 2 unspecified atom stereocenters. The first-order chi connectivity index (χ1) is 12.4. The lowest BCUT2D eigenvalue weighted by atomic mass is 9.78. The van der Waals surface area contributed by atoms with Crippen LogP contribution in [-0.4, -0.2) is 34.9 Å². The summed E-state index contributed by atoms with van der Waals surface area (Å²) in [5, 5.41) is 7.09. The first kappa shape index (κ1) is 18.6. The van der Waals surface area contributed by atoms with Gasteiger partial charge < -0.3 is 10.1 Å². The molecule has 0 bridgehead atoms. The number of benzene rings is 1. The van der Waals surface area contributed by atoms with Gasteiger partial charge in [-0.1, -0.05) is 32.9 Å². The first-order valence-corrected chi connectivity index (χ1v) is 9.05. The summed E-state index contributed by atoms with van der Waals surface area (Å²) in [7, 11) is 0. The summed E-state index contributed by atoms with van der Waals surface area (Å²) in [5.74, 6) is -0.296. The Hall–Kier alpha value is -2.21. The van der Waals surface area contributed by atoms with Gasteiger partial charge in [-0.05, 0) is 30.4 Å². The zero-order chi connectivity index (χ0) is 18.7. The minimum Gasteiger partial charge on any atom is -0.377 e. The molecule has 2 heterocycles. The fourth-order valence-electron chi connectivity index (χ4n) is 3.54. The fraction of sp³-hybridized carbons (Fsp3) is 0.500. The number of nitrogens with one attached hydrogen (secondary N) is 1. The highest BCUT2D eigenvalue weighted by Gasteiger charge is 2.35. The van der Waals surface area contributed by atoms with Crippen LogP contribution in [0.3, 0.4) is 0 Å². The quantitative estimate of drug-likeness (QED) is 0.908. The molecule has 1 amide bonds. The summed E-state index contributed by atoms with van der Waals surface area (Å²) in [5.41, 5.74) is 0.767. The molecule has 0 saturated carbocycles. The zero-order valence-corrected chi connectivity index (χ0v) is 15.5. The number of para-hydroxylation sites is 1. The van der Waals surface area contributed by atoms with Crippen LogP contribution in [0.2, 0.25) is 0 Å². The van der Waals surface area contributed by atoms with E-state index in [2.05, 4.69) is 31.2 Å². The number of nitrogens with zero attached hydrogens (tertiary/aromatic N) is 2. The van der Waals surface area contributed by atoms with E-state index in [0.29, 0.717) is 17.8 Å². The predicted molar refractivity (Wildman–Crippen MR) is 97.8 cm³/mol. The van der Waals surface area contributed by atoms with Crippen LogP contribution in [0.4, 0.5) is 4.39 Å². The van der Waals surface area contributed by atoms with Crippen molar-refractivity contribution >= 4 is 5.91 Å². The Balaban J connectivity index is 1.65. The molecule has 1 aliphatic rings. The standard InChI is InChI=1S/C20H26FN3O2/c1-20(2,3)18-14(7-6-10-26-18)11-22-19(25)15-12-23-24(13-15)17-9-5-4-8-16(17)21/h4-5,8-9,12-14,18H,6-7,10-11H2,1-3H3,(H,22,25).